The van der Waals surface area contributed by atoms with E-state index in [4.69, 9.17) is 5.73 Å². The van der Waals surface area contributed by atoms with Gasteiger partial charge in [-0.15, -0.1) is 3.89 Å². The van der Waals surface area contributed by atoms with Gasteiger partial charge in [-0.25, -0.2) is 14.6 Å². The topological polar surface area (TPSA) is 124 Å². The van der Waals surface area contributed by atoms with Crippen molar-refractivity contribution < 1.29 is 17.1 Å². The van der Waals surface area contributed by atoms with Crippen LogP contribution in [0.4, 0.5) is 9.70 Å². The van der Waals surface area contributed by atoms with E-state index in [0.29, 0.717) is 48.3 Å². The Morgan fingerprint density at radius 1 is 1.14 bits per heavy atom. The molecule has 1 aliphatic rings. The molecule has 3 heterocycles. The first-order chi connectivity index (χ1) is 13.3. The summed E-state index contributed by atoms with van der Waals surface area (Å²) in [7, 11) is -4.78. The summed E-state index contributed by atoms with van der Waals surface area (Å²) in [6.45, 7) is 1.02. The number of carbonyl (C=O) groups excluding carboxylic acids is 1. The number of piperidine rings is 1. The number of nitrogens with two attached hydrogens (primary N) is 1. The van der Waals surface area contributed by atoms with E-state index in [1.54, 1.807) is 11.1 Å². The molecule has 9 nitrogen and oxygen atoms in total. The van der Waals surface area contributed by atoms with Gasteiger partial charge in [0.2, 0.25) is 0 Å². The monoisotopic (exact) mass is 404 g/mol. The lowest BCUT2D eigenvalue weighted by molar-refractivity contribution is 0.0691. The van der Waals surface area contributed by atoms with Crippen LogP contribution < -0.4 is 5.73 Å². The molecule has 1 saturated heterocycles. The second kappa shape index (κ2) is 6.82. The van der Waals surface area contributed by atoms with Crippen molar-refractivity contribution in [1.82, 2.24) is 24.6 Å². The molecule has 1 fully saturated rings. The van der Waals surface area contributed by atoms with Crippen molar-refractivity contribution in [3.8, 4) is 0 Å². The van der Waals surface area contributed by atoms with Crippen LogP contribution in [0.5, 0.6) is 0 Å². The Bertz CT molecular complexity index is 1140. The van der Waals surface area contributed by atoms with Gasteiger partial charge in [-0.2, -0.15) is 13.5 Å². The van der Waals surface area contributed by atoms with Crippen LogP contribution in [0.25, 0.3) is 11.0 Å². The molecular weight excluding hydrogens is 387 g/mol. The Balaban J connectivity index is 1.46. The van der Waals surface area contributed by atoms with E-state index in [-0.39, 0.29) is 11.9 Å². The Labute approximate surface area is 160 Å². The molecule has 4 rings (SSSR count). The summed E-state index contributed by atoms with van der Waals surface area (Å²) < 4.78 is 36.6. The van der Waals surface area contributed by atoms with Crippen LogP contribution >= 0.6 is 0 Å². The van der Waals surface area contributed by atoms with Crippen molar-refractivity contribution in [2.75, 3.05) is 18.8 Å². The van der Waals surface area contributed by atoms with Crippen molar-refractivity contribution in [3.05, 3.63) is 42.4 Å². The van der Waals surface area contributed by atoms with E-state index < -0.39 is 15.1 Å². The molecule has 0 bridgehead atoms. The standard InChI is InChI=1S/C17H17FN6O3S/c18-28(26,27)13-3-1-11(2-4-13)17(25)23-7-5-12(6-8-23)24-16-14(9-22-24)15(19)20-10-21-16/h1-4,9-10,12H,5-8H2,(H2,19,20,21). The summed E-state index contributed by atoms with van der Waals surface area (Å²) in [4.78, 5) is 22.1. The third-order valence-corrected chi connectivity index (χ3v) is 5.74. The molecule has 0 saturated carbocycles. The van der Waals surface area contributed by atoms with Crippen molar-refractivity contribution in [2.24, 2.45) is 0 Å². The van der Waals surface area contributed by atoms with Gasteiger partial charge in [0.25, 0.3) is 5.91 Å². The highest BCUT2D eigenvalue weighted by molar-refractivity contribution is 7.86. The summed E-state index contributed by atoms with van der Waals surface area (Å²) in [6, 6.07) is 4.91. The van der Waals surface area contributed by atoms with E-state index in [0.717, 1.165) is 12.1 Å². The van der Waals surface area contributed by atoms with Gasteiger partial charge in [-0.1, -0.05) is 0 Å². The molecule has 11 heteroatoms. The highest BCUT2D eigenvalue weighted by atomic mass is 32.3. The molecule has 3 aromatic rings. The molecule has 1 amide bonds. The highest BCUT2D eigenvalue weighted by Crippen LogP contribution is 2.27. The van der Waals surface area contributed by atoms with E-state index in [1.165, 1.54) is 18.5 Å². The Hall–Kier alpha value is -3.08. The molecule has 146 valence electrons. The fraction of sp³-hybridized carbons (Fsp3) is 0.294. The Morgan fingerprint density at radius 2 is 1.82 bits per heavy atom. The zero-order chi connectivity index (χ0) is 19.9. The van der Waals surface area contributed by atoms with Gasteiger partial charge in [-0.05, 0) is 37.1 Å². The molecular formula is C17H17FN6O3S. The Morgan fingerprint density at radius 3 is 2.46 bits per heavy atom. The number of aromatic nitrogens is 4. The maximum absolute atomic E-state index is 13.0. The van der Waals surface area contributed by atoms with Gasteiger partial charge in [0.15, 0.2) is 5.65 Å². The fourth-order valence-electron chi connectivity index (χ4n) is 3.40. The quantitative estimate of drug-likeness (QED) is 0.657. The summed E-state index contributed by atoms with van der Waals surface area (Å²) in [5, 5.41) is 5.08. The molecule has 1 aromatic carbocycles. The fourth-order valence-corrected chi connectivity index (χ4v) is 3.86. The molecule has 28 heavy (non-hydrogen) atoms. The number of amides is 1. The summed E-state index contributed by atoms with van der Waals surface area (Å²) >= 11 is 0. The predicted molar refractivity (Wildman–Crippen MR) is 98.6 cm³/mol. The normalized spacial score (nSPS) is 15.8. The number of carbonyl (C=O) groups is 1. The van der Waals surface area contributed by atoms with Crippen LogP contribution in [-0.2, 0) is 10.2 Å². The number of likely N-dealkylation sites (tertiary alicyclic amines) is 1. The number of benzene rings is 1. The molecule has 1 aliphatic heterocycles. The zero-order valence-corrected chi connectivity index (χ0v) is 15.5. The molecule has 0 atom stereocenters. The minimum absolute atomic E-state index is 0.0786. The number of rotatable bonds is 3. The summed E-state index contributed by atoms with van der Waals surface area (Å²) in [6.07, 6.45) is 4.41. The van der Waals surface area contributed by atoms with Gasteiger partial charge in [0, 0.05) is 18.7 Å². The summed E-state index contributed by atoms with van der Waals surface area (Å²) in [5.41, 5.74) is 6.83. The number of hydrogen-bond acceptors (Lipinski definition) is 7. The van der Waals surface area contributed by atoms with Crippen molar-refractivity contribution in [3.63, 3.8) is 0 Å². The number of fused-ring (bicyclic) bond motifs is 1. The third-order valence-electron chi connectivity index (χ3n) is 4.90. The first-order valence-corrected chi connectivity index (χ1v) is 10.0. The molecule has 0 unspecified atom stereocenters. The average Bonchev–Trinajstić information content (AvgIpc) is 3.12. The van der Waals surface area contributed by atoms with E-state index >= 15 is 0 Å². The largest absolute Gasteiger partial charge is 0.383 e. The lowest BCUT2D eigenvalue weighted by Gasteiger charge is -2.32. The van der Waals surface area contributed by atoms with Gasteiger partial charge >= 0.3 is 10.2 Å². The minimum atomic E-state index is -4.78. The van der Waals surface area contributed by atoms with Gasteiger partial charge < -0.3 is 10.6 Å². The number of anilines is 1. The van der Waals surface area contributed by atoms with Crippen LogP contribution in [0, 0.1) is 0 Å². The lowest BCUT2D eigenvalue weighted by Crippen LogP contribution is -2.39. The van der Waals surface area contributed by atoms with E-state index in [1.807, 2.05) is 4.68 Å². The van der Waals surface area contributed by atoms with Crippen molar-refractivity contribution in [1.29, 1.82) is 0 Å². The van der Waals surface area contributed by atoms with Crippen LogP contribution in [0.1, 0.15) is 29.2 Å². The first-order valence-electron chi connectivity index (χ1n) is 8.62. The first kappa shape index (κ1) is 18.3. The second-order valence-electron chi connectivity index (χ2n) is 6.57. The van der Waals surface area contributed by atoms with Crippen LogP contribution in [0.2, 0.25) is 0 Å². The van der Waals surface area contributed by atoms with Gasteiger partial charge in [-0.3, -0.25) is 4.79 Å². The van der Waals surface area contributed by atoms with Crippen molar-refractivity contribution in [2.45, 2.75) is 23.8 Å². The van der Waals surface area contributed by atoms with Crippen LogP contribution in [-0.4, -0.2) is 52.1 Å². The number of nitrogen functional groups attached to an aromatic ring is 1. The van der Waals surface area contributed by atoms with E-state index in [2.05, 4.69) is 15.1 Å². The number of hydrogen-bond donors (Lipinski definition) is 1. The van der Waals surface area contributed by atoms with Crippen molar-refractivity contribution >= 4 is 33.0 Å². The van der Waals surface area contributed by atoms with Crippen LogP contribution in [0.15, 0.2) is 41.7 Å². The number of nitrogens with zero attached hydrogens (tertiary/aromatic N) is 5. The number of halogens is 1. The molecule has 0 radical (unpaired) electrons. The zero-order valence-electron chi connectivity index (χ0n) is 14.7. The van der Waals surface area contributed by atoms with Gasteiger partial charge in [0.1, 0.15) is 12.1 Å². The highest BCUT2D eigenvalue weighted by Gasteiger charge is 2.26. The minimum Gasteiger partial charge on any atom is -0.383 e. The second-order valence-corrected chi connectivity index (χ2v) is 7.92. The maximum Gasteiger partial charge on any atom is 0.332 e. The molecule has 2 aromatic heterocycles. The molecule has 0 spiro atoms. The van der Waals surface area contributed by atoms with Crippen LogP contribution in [0.3, 0.4) is 0 Å². The smallest absolute Gasteiger partial charge is 0.332 e. The summed E-state index contributed by atoms with van der Waals surface area (Å²) in [5.74, 6) is 0.153. The van der Waals surface area contributed by atoms with Gasteiger partial charge in [0.05, 0.1) is 22.5 Å². The SMILES string of the molecule is Nc1ncnc2c1cnn2C1CCN(C(=O)c2ccc(S(=O)(=O)F)cc2)CC1. The third kappa shape index (κ3) is 3.28. The Kier molecular flexibility index (Phi) is 4.46. The maximum atomic E-state index is 13.0. The molecule has 0 aliphatic carbocycles. The lowest BCUT2D eigenvalue weighted by atomic mass is 10.0. The molecule has 2 N–H and O–H groups in total. The van der Waals surface area contributed by atoms with E-state index in [9.17, 15) is 17.1 Å². The predicted octanol–water partition coefficient (Wildman–Crippen LogP) is 1.54. The average molecular weight is 404 g/mol.